The van der Waals surface area contributed by atoms with E-state index in [1.807, 2.05) is 41.3 Å². The molecule has 1 aliphatic rings. The van der Waals surface area contributed by atoms with Gasteiger partial charge in [-0.05, 0) is 41.8 Å². The van der Waals surface area contributed by atoms with E-state index in [0.29, 0.717) is 30.0 Å². The Labute approximate surface area is 157 Å². The first-order valence-corrected chi connectivity index (χ1v) is 8.83. The van der Waals surface area contributed by atoms with Crippen molar-refractivity contribution in [3.63, 3.8) is 0 Å². The zero-order valence-electron chi connectivity index (χ0n) is 14.7. The standard InChI is InChI=1S/C22H18N4O/c23-13-17-6-3-4-8-20(17)25-19-9-10-21(24-14-19)22(27)26-12-11-16-5-1-2-7-18(16)15-26/h1-10,14,25H,11-12,15H2. The van der Waals surface area contributed by atoms with Crippen molar-refractivity contribution in [1.82, 2.24) is 9.88 Å². The molecule has 1 aromatic heterocycles. The minimum absolute atomic E-state index is 0.0616. The van der Waals surface area contributed by atoms with Crippen molar-refractivity contribution >= 4 is 17.3 Å². The summed E-state index contributed by atoms with van der Waals surface area (Å²) >= 11 is 0. The molecule has 0 saturated carbocycles. The summed E-state index contributed by atoms with van der Waals surface area (Å²) in [4.78, 5) is 18.9. The summed E-state index contributed by atoms with van der Waals surface area (Å²) in [6, 6.07) is 21.2. The van der Waals surface area contributed by atoms with Crippen LogP contribution in [0, 0.1) is 11.3 Å². The molecule has 3 aromatic rings. The molecule has 0 radical (unpaired) electrons. The molecule has 1 aliphatic heterocycles. The zero-order chi connectivity index (χ0) is 18.6. The van der Waals surface area contributed by atoms with Gasteiger partial charge >= 0.3 is 0 Å². The Morgan fingerprint density at radius 1 is 1.04 bits per heavy atom. The monoisotopic (exact) mass is 354 g/mol. The Morgan fingerprint density at radius 2 is 1.81 bits per heavy atom. The molecule has 1 amide bonds. The summed E-state index contributed by atoms with van der Waals surface area (Å²) < 4.78 is 0. The van der Waals surface area contributed by atoms with Crippen LogP contribution in [0.4, 0.5) is 11.4 Å². The first-order chi connectivity index (χ1) is 13.2. The Kier molecular flexibility index (Phi) is 4.54. The van der Waals surface area contributed by atoms with Gasteiger partial charge in [0.15, 0.2) is 0 Å². The molecule has 132 valence electrons. The number of pyridine rings is 1. The molecular weight excluding hydrogens is 336 g/mol. The van der Waals surface area contributed by atoms with E-state index in [1.54, 1.807) is 18.3 Å². The zero-order valence-corrected chi connectivity index (χ0v) is 14.7. The van der Waals surface area contributed by atoms with E-state index in [1.165, 1.54) is 11.1 Å². The molecule has 0 spiro atoms. The molecule has 2 aromatic carbocycles. The highest BCUT2D eigenvalue weighted by Crippen LogP contribution is 2.22. The molecule has 0 bridgehead atoms. The SMILES string of the molecule is N#Cc1ccccc1Nc1ccc(C(=O)N2CCc3ccccc3C2)nc1. The highest BCUT2D eigenvalue weighted by molar-refractivity contribution is 5.92. The van der Waals surface area contributed by atoms with Crippen molar-refractivity contribution in [3.8, 4) is 6.07 Å². The summed E-state index contributed by atoms with van der Waals surface area (Å²) in [6.07, 6.45) is 2.49. The summed E-state index contributed by atoms with van der Waals surface area (Å²) in [6.45, 7) is 1.32. The second-order valence-corrected chi connectivity index (χ2v) is 6.46. The number of nitriles is 1. The van der Waals surface area contributed by atoms with Gasteiger partial charge < -0.3 is 10.2 Å². The lowest BCUT2D eigenvalue weighted by molar-refractivity contribution is 0.0729. The Morgan fingerprint density at radius 3 is 2.59 bits per heavy atom. The quantitative estimate of drug-likeness (QED) is 0.775. The number of hydrogen-bond donors (Lipinski definition) is 1. The van der Waals surface area contributed by atoms with Crippen molar-refractivity contribution in [2.24, 2.45) is 0 Å². The lowest BCUT2D eigenvalue weighted by Crippen LogP contribution is -2.36. The average molecular weight is 354 g/mol. The third kappa shape index (κ3) is 3.51. The van der Waals surface area contributed by atoms with E-state index in [-0.39, 0.29) is 5.91 Å². The van der Waals surface area contributed by atoms with E-state index < -0.39 is 0 Å². The van der Waals surface area contributed by atoms with E-state index in [9.17, 15) is 10.1 Å². The highest BCUT2D eigenvalue weighted by Gasteiger charge is 2.22. The van der Waals surface area contributed by atoms with Crippen molar-refractivity contribution in [2.45, 2.75) is 13.0 Å². The van der Waals surface area contributed by atoms with Crippen molar-refractivity contribution in [1.29, 1.82) is 5.26 Å². The van der Waals surface area contributed by atoms with Gasteiger partial charge in [-0.3, -0.25) is 4.79 Å². The highest BCUT2D eigenvalue weighted by atomic mass is 16.2. The van der Waals surface area contributed by atoms with Crippen LogP contribution in [0.2, 0.25) is 0 Å². The summed E-state index contributed by atoms with van der Waals surface area (Å²) in [5, 5.41) is 12.3. The number of hydrogen-bond acceptors (Lipinski definition) is 4. The van der Waals surface area contributed by atoms with Gasteiger partial charge in [0.25, 0.3) is 5.91 Å². The number of para-hydroxylation sites is 1. The number of aromatic nitrogens is 1. The fraction of sp³-hybridized carbons (Fsp3) is 0.136. The molecule has 1 N–H and O–H groups in total. The fourth-order valence-electron chi connectivity index (χ4n) is 3.27. The number of carbonyl (C=O) groups is 1. The van der Waals surface area contributed by atoms with Crippen LogP contribution in [0.15, 0.2) is 66.9 Å². The number of anilines is 2. The van der Waals surface area contributed by atoms with Gasteiger partial charge in [0, 0.05) is 13.1 Å². The Bertz CT molecular complexity index is 1020. The van der Waals surface area contributed by atoms with Gasteiger partial charge in [-0.15, -0.1) is 0 Å². The number of carbonyl (C=O) groups excluding carboxylic acids is 1. The summed E-state index contributed by atoms with van der Waals surface area (Å²) in [7, 11) is 0. The minimum atomic E-state index is -0.0616. The Hall–Kier alpha value is -3.65. The fourth-order valence-corrected chi connectivity index (χ4v) is 3.27. The third-order valence-electron chi connectivity index (χ3n) is 4.73. The molecule has 0 fully saturated rings. The van der Waals surface area contributed by atoms with E-state index in [4.69, 9.17) is 0 Å². The predicted molar refractivity (Wildman–Crippen MR) is 104 cm³/mol. The number of nitrogens with zero attached hydrogens (tertiary/aromatic N) is 3. The van der Waals surface area contributed by atoms with Gasteiger partial charge in [-0.2, -0.15) is 5.26 Å². The Balaban J connectivity index is 1.48. The maximum absolute atomic E-state index is 12.8. The number of amides is 1. The van der Waals surface area contributed by atoms with E-state index in [0.717, 1.165) is 12.1 Å². The number of benzene rings is 2. The molecule has 5 nitrogen and oxygen atoms in total. The molecule has 0 unspecified atom stereocenters. The van der Waals surface area contributed by atoms with Crippen LogP contribution >= 0.6 is 0 Å². The second-order valence-electron chi connectivity index (χ2n) is 6.46. The van der Waals surface area contributed by atoms with Crippen molar-refractivity contribution in [2.75, 3.05) is 11.9 Å². The van der Waals surface area contributed by atoms with Crippen molar-refractivity contribution < 1.29 is 4.79 Å². The first kappa shape index (κ1) is 16.8. The minimum Gasteiger partial charge on any atom is -0.353 e. The topological polar surface area (TPSA) is 69.0 Å². The van der Waals surface area contributed by atoms with Gasteiger partial charge in [0.2, 0.25) is 0 Å². The van der Waals surface area contributed by atoms with Crippen LogP contribution in [-0.4, -0.2) is 22.3 Å². The molecule has 0 saturated heterocycles. The van der Waals surface area contributed by atoms with Crippen LogP contribution in [-0.2, 0) is 13.0 Å². The molecule has 5 heteroatoms. The summed E-state index contributed by atoms with van der Waals surface area (Å²) in [5.74, 6) is -0.0616. The van der Waals surface area contributed by atoms with Crippen LogP contribution in [0.5, 0.6) is 0 Å². The smallest absolute Gasteiger partial charge is 0.272 e. The van der Waals surface area contributed by atoms with Crippen LogP contribution < -0.4 is 5.32 Å². The largest absolute Gasteiger partial charge is 0.353 e. The first-order valence-electron chi connectivity index (χ1n) is 8.83. The predicted octanol–water partition coefficient (Wildman–Crippen LogP) is 3.90. The number of nitrogens with one attached hydrogen (secondary N) is 1. The van der Waals surface area contributed by atoms with Crippen LogP contribution in [0.25, 0.3) is 0 Å². The molecular formula is C22H18N4O. The maximum atomic E-state index is 12.8. The van der Waals surface area contributed by atoms with Crippen molar-refractivity contribution in [3.05, 3.63) is 89.2 Å². The maximum Gasteiger partial charge on any atom is 0.272 e. The molecule has 27 heavy (non-hydrogen) atoms. The van der Waals surface area contributed by atoms with E-state index >= 15 is 0 Å². The third-order valence-corrected chi connectivity index (χ3v) is 4.73. The average Bonchev–Trinajstić information content (AvgIpc) is 2.74. The lowest BCUT2D eigenvalue weighted by Gasteiger charge is -2.28. The van der Waals surface area contributed by atoms with Crippen LogP contribution in [0.1, 0.15) is 27.2 Å². The molecule has 4 rings (SSSR count). The normalized spacial score (nSPS) is 12.8. The van der Waals surface area contributed by atoms with Crippen LogP contribution in [0.3, 0.4) is 0 Å². The number of fused-ring (bicyclic) bond motifs is 1. The molecule has 0 aliphatic carbocycles. The van der Waals surface area contributed by atoms with Gasteiger partial charge in [0.1, 0.15) is 11.8 Å². The number of rotatable bonds is 3. The van der Waals surface area contributed by atoms with Gasteiger partial charge in [-0.1, -0.05) is 36.4 Å². The molecule has 2 heterocycles. The second kappa shape index (κ2) is 7.30. The van der Waals surface area contributed by atoms with Gasteiger partial charge in [0.05, 0.1) is 23.1 Å². The van der Waals surface area contributed by atoms with Gasteiger partial charge in [-0.25, -0.2) is 4.98 Å². The summed E-state index contributed by atoms with van der Waals surface area (Å²) in [5.41, 5.74) is 4.94. The lowest BCUT2D eigenvalue weighted by atomic mass is 10.00. The van der Waals surface area contributed by atoms with E-state index in [2.05, 4.69) is 28.5 Å². The molecule has 0 atom stereocenters.